The van der Waals surface area contributed by atoms with E-state index in [4.69, 9.17) is 4.52 Å². The van der Waals surface area contributed by atoms with Crippen molar-refractivity contribution in [2.45, 2.75) is 32.6 Å². The van der Waals surface area contributed by atoms with Crippen LogP contribution in [0.1, 0.15) is 36.2 Å². The number of rotatable bonds is 4. The summed E-state index contributed by atoms with van der Waals surface area (Å²) >= 11 is 0. The van der Waals surface area contributed by atoms with Gasteiger partial charge < -0.3 is 9.42 Å². The SMILES string of the molecule is CCc1ccc(-c2nc(C3CC(=O)N(c4ccccc4C)C3)no2)cc1. The molecule has 1 amide bonds. The summed E-state index contributed by atoms with van der Waals surface area (Å²) in [6.45, 7) is 4.72. The van der Waals surface area contributed by atoms with Crippen LogP contribution >= 0.6 is 0 Å². The molecule has 0 bridgehead atoms. The summed E-state index contributed by atoms with van der Waals surface area (Å²) in [6, 6.07) is 16.1. The topological polar surface area (TPSA) is 59.2 Å². The molecule has 1 aliphatic heterocycles. The molecule has 0 saturated carbocycles. The van der Waals surface area contributed by atoms with E-state index < -0.39 is 0 Å². The van der Waals surface area contributed by atoms with Crippen LogP contribution in [0.5, 0.6) is 0 Å². The standard InChI is InChI=1S/C21H21N3O2/c1-3-15-8-10-16(11-9-15)21-22-20(23-26-21)17-12-19(25)24(13-17)18-7-5-4-6-14(18)2/h4-11,17H,3,12-13H2,1-2H3. The maximum atomic E-state index is 12.5. The molecule has 26 heavy (non-hydrogen) atoms. The highest BCUT2D eigenvalue weighted by atomic mass is 16.5. The number of aryl methyl sites for hydroxylation is 2. The molecule has 5 heteroatoms. The first-order valence-electron chi connectivity index (χ1n) is 8.94. The second kappa shape index (κ2) is 6.75. The Bertz CT molecular complexity index is 930. The molecule has 2 aromatic carbocycles. The van der Waals surface area contributed by atoms with Crippen LogP contribution in [0, 0.1) is 6.92 Å². The minimum Gasteiger partial charge on any atom is -0.334 e. The fraction of sp³-hybridized carbons (Fsp3) is 0.286. The zero-order valence-corrected chi connectivity index (χ0v) is 15.0. The van der Waals surface area contributed by atoms with Crippen LogP contribution in [0.3, 0.4) is 0 Å². The van der Waals surface area contributed by atoms with E-state index in [-0.39, 0.29) is 11.8 Å². The second-order valence-electron chi connectivity index (χ2n) is 6.70. The number of carbonyl (C=O) groups excluding carboxylic acids is 1. The number of amides is 1. The van der Waals surface area contributed by atoms with E-state index in [1.807, 2.05) is 48.2 Å². The smallest absolute Gasteiger partial charge is 0.257 e. The number of anilines is 1. The minimum absolute atomic E-state index is 0.0467. The van der Waals surface area contributed by atoms with Crippen LogP contribution in [0.25, 0.3) is 11.5 Å². The Labute approximate surface area is 152 Å². The molecular formula is C21H21N3O2. The van der Waals surface area contributed by atoms with Gasteiger partial charge in [-0.1, -0.05) is 42.4 Å². The Balaban J connectivity index is 1.55. The number of carbonyl (C=O) groups is 1. The number of benzene rings is 2. The maximum absolute atomic E-state index is 12.5. The van der Waals surface area contributed by atoms with Gasteiger partial charge in [-0.2, -0.15) is 4.98 Å². The molecule has 0 aliphatic carbocycles. The largest absolute Gasteiger partial charge is 0.334 e. The molecule has 0 spiro atoms. The van der Waals surface area contributed by atoms with Gasteiger partial charge in [0.05, 0.1) is 0 Å². The molecule has 1 aliphatic rings. The van der Waals surface area contributed by atoms with Gasteiger partial charge in [0, 0.05) is 30.1 Å². The lowest BCUT2D eigenvalue weighted by molar-refractivity contribution is -0.117. The normalized spacial score (nSPS) is 17.1. The first kappa shape index (κ1) is 16.5. The molecule has 0 radical (unpaired) electrons. The molecule has 1 atom stereocenters. The van der Waals surface area contributed by atoms with Gasteiger partial charge in [0.2, 0.25) is 5.91 Å². The molecule has 5 nitrogen and oxygen atoms in total. The summed E-state index contributed by atoms with van der Waals surface area (Å²) in [5.74, 6) is 1.16. The van der Waals surface area contributed by atoms with E-state index in [0.29, 0.717) is 24.7 Å². The molecule has 2 heterocycles. The lowest BCUT2D eigenvalue weighted by atomic mass is 10.1. The highest BCUT2D eigenvalue weighted by molar-refractivity contribution is 5.97. The molecule has 1 unspecified atom stereocenters. The Hall–Kier alpha value is -2.95. The number of nitrogens with zero attached hydrogens (tertiary/aromatic N) is 3. The third kappa shape index (κ3) is 3.01. The summed E-state index contributed by atoms with van der Waals surface area (Å²) in [5.41, 5.74) is 4.22. The molecular weight excluding hydrogens is 326 g/mol. The third-order valence-electron chi connectivity index (χ3n) is 4.95. The predicted octanol–water partition coefficient (Wildman–Crippen LogP) is 4.13. The number of aromatic nitrogens is 2. The molecule has 0 N–H and O–H groups in total. The van der Waals surface area contributed by atoms with Crippen molar-refractivity contribution in [3.8, 4) is 11.5 Å². The van der Waals surface area contributed by atoms with E-state index in [2.05, 4.69) is 29.2 Å². The summed E-state index contributed by atoms with van der Waals surface area (Å²) < 4.78 is 5.45. The van der Waals surface area contributed by atoms with E-state index in [9.17, 15) is 4.79 Å². The quantitative estimate of drug-likeness (QED) is 0.712. The molecule has 1 aromatic heterocycles. The average molecular weight is 347 g/mol. The van der Waals surface area contributed by atoms with Crippen molar-refractivity contribution in [1.29, 1.82) is 0 Å². The summed E-state index contributed by atoms with van der Waals surface area (Å²) in [6.07, 6.45) is 1.40. The summed E-state index contributed by atoms with van der Waals surface area (Å²) in [7, 11) is 0. The lowest BCUT2D eigenvalue weighted by Crippen LogP contribution is -2.25. The first-order valence-corrected chi connectivity index (χ1v) is 8.94. The number of para-hydroxylation sites is 1. The van der Waals surface area contributed by atoms with Crippen LogP contribution < -0.4 is 4.90 Å². The zero-order chi connectivity index (χ0) is 18.1. The predicted molar refractivity (Wildman–Crippen MR) is 100 cm³/mol. The Morgan fingerprint density at radius 3 is 2.65 bits per heavy atom. The van der Waals surface area contributed by atoms with Crippen molar-refractivity contribution in [2.24, 2.45) is 0 Å². The lowest BCUT2D eigenvalue weighted by Gasteiger charge is -2.18. The van der Waals surface area contributed by atoms with Crippen LogP contribution in [-0.4, -0.2) is 22.6 Å². The van der Waals surface area contributed by atoms with Crippen LogP contribution in [-0.2, 0) is 11.2 Å². The third-order valence-corrected chi connectivity index (χ3v) is 4.95. The fourth-order valence-electron chi connectivity index (χ4n) is 3.38. The van der Waals surface area contributed by atoms with Gasteiger partial charge in [0.25, 0.3) is 5.89 Å². The van der Waals surface area contributed by atoms with Gasteiger partial charge in [-0.3, -0.25) is 4.79 Å². The Kier molecular flexibility index (Phi) is 4.29. The van der Waals surface area contributed by atoms with Crippen LogP contribution in [0.4, 0.5) is 5.69 Å². The van der Waals surface area contributed by atoms with Crippen molar-refractivity contribution < 1.29 is 9.32 Å². The van der Waals surface area contributed by atoms with Gasteiger partial charge >= 0.3 is 0 Å². The van der Waals surface area contributed by atoms with Crippen molar-refractivity contribution in [2.75, 3.05) is 11.4 Å². The number of hydrogen-bond acceptors (Lipinski definition) is 4. The van der Waals surface area contributed by atoms with Crippen molar-refractivity contribution in [1.82, 2.24) is 10.1 Å². The van der Waals surface area contributed by atoms with Crippen molar-refractivity contribution in [3.63, 3.8) is 0 Å². The Morgan fingerprint density at radius 2 is 1.92 bits per heavy atom. The van der Waals surface area contributed by atoms with Crippen LogP contribution in [0.15, 0.2) is 53.1 Å². The highest BCUT2D eigenvalue weighted by Crippen LogP contribution is 2.32. The molecule has 132 valence electrons. The molecule has 3 aromatic rings. The Morgan fingerprint density at radius 1 is 1.15 bits per heavy atom. The molecule has 4 rings (SSSR count). The summed E-state index contributed by atoms with van der Waals surface area (Å²) in [4.78, 5) is 18.9. The average Bonchev–Trinajstić information content (AvgIpc) is 3.29. The maximum Gasteiger partial charge on any atom is 0.257 e. The van der Waals surface area contributed by atoms with Crippen molar-refractivity contribution >= 4 is 11.6 Å². The first-order chi connectivity index (χ1) is 12.7. The monoisotopic (exact) mass is 347 g/mol. The molecule has 1 fully saturated rings. The van der Waals surface area contributed by atoms with Gasteiger partial charge in [0.1, 0.15) is 0 Å². The van der Waals surface area contributed by atoms with Gasteiger partial charge in [-0.25, -0.2) is 0 Å². The van der Waals surface area contributed by atoms with Gasteiger partial charge in [-0.15, -0.1) is 0 Å². The van der Waals surface area contributed by atoms with Crippen LogP contribution in [0.2, 0.25) is 0 Å². The zero-order valence-electron chi connectivity index (χ0n) is 15.0. The molecule has 1 saturated heterocycles. The second-order valence-corrected chi connectivity index (χ2v) is 6.70. The van der Waals surface area contributed by atoms with E-state index in [0.717, 1.165) is 23.2 Å². The van der Waals surface area contributed by atoms with Gasteiger partial charge in [-0.05, 0) is 42.7 Å². The van der Waals surface area contributed by atoms with E-state index in [1.54, 1.807) is 0 Å². The highest BCUT2D eigenvalue weighted by Gasteiger charge is 2.35. The van der Waals surface area contributed by atoms with Gasteiger partial charge in [0.15, 0.2) is 5.82 Å². The summed E-state index contributed by atoms with van der Waals surface area (Å²) in [5, 5.41) is 4.14. The fourth-order valence-corrected chi connectivity index (χ4v) is 3.38. The van der Waals surface area contributed by atoms with E-state index >= 15 is 0 Å². The van der Waals surface area contributed by atoms with E-state index in [1.165, 1.54) is 5.56 Å². The minimum atomic E-state index is -0.0467. The van der Waals surface area contributed by atoms with Crippen molar-refractivity contribution in [3.05, 3.63) is 65.5 Å². The number of hydrogen-bond donors (Lipinski definition) is 0.